The van der Waals surface area contributed by atoms with Crippen molar-refractivity contribution in [2.75, 3.05) is 21.2 Å². The van der Waals surface area contributed by atoms with Crippen LogP contribution >= 0.6 is 11.6 Å². The molecule has 2 aromatic carbocycles. The van der Waals surface area contributed by atoms with Crippen LogP contribution in [0.5, 0.6) is 17.5 Å². The first-order valence-electron chi connectivity index (χ1n) is 18.1. The van der Waals surface area contributed by atoms with Gasteiger partial charge in [-0.15, -0.1) is 0 Å². The number of aromatic nitrogens is 2. The highest BCUT2D eigenvalue weighted by atomic mass is 35.5. The summed E-state index contributed by atoms with van der Waals surface area (Å²) >= 11 is 6.81. The first-order valence-corrected chi connectivity index (χ1v) is 21.4. The Kier molecular flexibility index (Phi) is 9.78. The molecule has 2 aromatic heterocycles. The number of rotatable bonds is 10. The highest BCUT2D eigenvalue weighted by molar-refractivity contribution is 6.74. The first kappa shape index (κ1) is 37.8. The highest BCUT2D eigenvalue weighted by Crippen LogP contribution is 2.59. The summed E-state index contributed by atoms with van der Waals surface area (Å²) in [6.45, 7) is 10.5. The summed E-state index contributed by atoms with van der Waals surface area (Å²) in [5.74, 6) is -2.26. The molecule has 11 nitrogen and oxygen atoms in total. The Hall–Kier alpha value is -4.49. The molecule has 3 aliphatic carbocycles. The minimum absolute atomic E-state index is 0.0105. The Bertz CT molecular complexity index is 2130. The molecule has 1 N–H and O–H groups in total. The number of carbonyl (C=O) groups excluding carboxylic acids is 2. The number of nitrogens with zero attached hydrogens (tertiary/aromatic N) is 3. The number of methoxy groups -OCH3 is 1. The van der Waals surface area contributed by atoms with Gasteiger partial charge in [0.15, 0.2) is 25.4 Å². The molecule has 3 aliphatic rings. The van der Waals surface area contributed by atoms with Crippen molar-refractivity contribution in [1.29, 1.82) is 0 Å². The minimum atomic E-state index is -2.91. The van der Waals surface area contributed by atoms with Gasteiger partial charge in [-0.05, 0) is 67.3 Å². The molecule has 4 aromatic rings. The summed E-state index contributed by atoms with van der Waals surface area (Å²) in [6, 6.07) is 18.4. The van der Waals surface area contributed by atoms with Crippen LogP contribution in [-0.4, -0.2) is 66.8 Å². The fraction of sp³-hybridized carbons (Fsp3) is 0.415. The van der Waals surface area contributed by atoms with Crippen LogP contribution in [-0.2, 0) is 28.9 Å². The molecule has 0 saturated heterocycles. The van der Waals surface area contributed by atoms with Crippen LogP contribution in [0.2, 0.25) is 23.3 Å². The molecule has 13 heteroatoms. The zero-order valence-electron chi connectivity index (χ0n) is 31.9. The molecule has 1 fully saturated rings. The minimum Gasteiger partial charge on any atom is -0.507 e. The number of aliphatic hydroxyl groups is 1. The average Bonchev–Trinajstić information content (AvgIpc) is 3.55. The molecule has 0 spiro atoms. The lowest BCUT2D eigenvalue weighted by Crippen LogP contribution is -2.68. The van der Waals surface area contributed by atoms with Gasteiger partial charge in [0.25, 0.3) is 11.8 Å². The van der Waals surface area contributed by atoms with E-state index in [4.69, 9.17) is 34.8 Å². The molecular weight excluding hydrogens is 726 g/mol. The van der Waals surface area contributed by atoms with Crippen LogP contribution in [0.4, 0.5) is 0 Å². The third-order valence-corrected chi connectivity index (χ3v) is 16.2. The van der Waals surface area contributed by atoms with Crippen molar-refractivity contribution in [3.05, 3.63) is 105 Å². The van der Waals surface area contributed by atoms with Gasteiger partial charge in [0.2, 0.25) is 11.6 Å². The number of benzene rings is 2. The molecule has 0 unspecified atom stereocenters. The fourth-order valence-corrected chi connectivity index (χ4v) is 9.53. The zero-order valence-corrected chi connectivity index (χ0v) is 33.6. The SMILES string of the molecule is COc1nc(Cl)c2c(c1OCc1ccccc1)C(O)=C1C(=O)[C@]3(O[Si](C)(C)C(C)(C)C)C(=O)c4c(OCc5ccccc5)noc4[C@@H](N(C)C)[C@@H]3C[C@@H]1C2. The molecule has 1 saturated carbocycles. The monoisotopic (exact) mass is 771 g/mol. The summed E-state index contributed by atoms with van der Waals surface area (Å²) in [7, 11) is 2.27. The van der Waals surface area contributed by atoms with E-state index in [2.05, 4.69) is 30.9 Å². The van der Waals surface area contributed by atoms with Gasteiger partial charge in [-0.2, -0.15) is 4.98 Å². The lowest BCUT2D eigenvalue weighted by molar-refractivity contribution is -0.140. The van der Waals surface area contributed by atoms with Crippen LogP contribution in [0.3, 0.4) is 0 Å². The van der Waals surface area contributed by atoms with Crippen molar-refractivity contribution in [3.8, 4) is 17.5 Å². The van der Waals surface area contributed by atoms with Crippen LogP contribution in [0, 0.1) is 11.8 Å². The highest BCUT2D eigenvalue weighted by Gasteiger charge is 2.69. The molecule has 284 valence electrons. The maximum Gasteiger partial charge on any atom is 0.265 e. The smallest absolute Gasteiger partial charge is 0.265 e. The van der Waals surface area contributed by atoms with Gasteiger partial charge in [0, 0.05) is 17.1 Å². The van der Waals surface area contributed by atoms with E-state index in [1.165, 1.54) is 7.11 Å². The van der Waals surface area contributed by atoms with Crippen molar-refractivity contribution in [2.24, 2.45) is 11.8 Å². The Labute approximate surface area is 321 Å². The third-order valence-electron chi connectivity index (χ3n) is 11.5. The number of ketones is 2. The van der Waals surface area contributed by atoms with Gasteiger partial charge in [0.05, 0.1) is 18.7 Å². The lowest BCUT2D eigenvalue weighted by Gasteiger charge is -2.55. The average molecular weight is 772 g/mol. The van der Waals surface area contributed by atoms with Crippen LogP contribution in [0.15, 0.2) is 70.8 Å². The van der Waals surface area contributed by atoms with E-state index in [9.17, 15) is 5.11 Å². The Morgan fingerprint density at radius 3 is 2.13 bits per heavy atom. The number of pyridine rings is 1. The summed E-state index contributed by atoms with van der Waals surface area (Å²) in [6.07, 6.45) is 0.546. The second-order valence-corrected chi connectivity index (χ2v) is 21.1. The van der Waals surface area contributed by atoms with Gasteiger partial charge in [0.1, 0.15) is 29.7 Å². The normalized spacial score (nSPS) is 22.4. The van der Waals surface area contributed by atoms with Gasteiger partial charge in [-0.25, -0.2) is 0 Å². The van der Waals surface area contributed by atoms with Gasteiger partial charge < -0.3 is 28.3 Å². The number of halogens is 1. The van der Waals surface area contributed by atoms with Crippen molar-refractivity contribution < 1.29 is 37.9 Å². The summed E-state index contributed by atoms with van der Waals surface area (Å²) in [5, 5.41) is 16.4. The van der Waals surface area contributed by atoms with Crippen LogP contribution < -0.4 is 14.2 Å². The third kappa shape index (κ3) is 6.13. The molecule has 54 heavy (non-hydrogen) atoms. The second-order valence-electron chi connectivity index (χ2n) is 16.0. The Balaban J connectivity index is 1.42. The van der Waals surface area contributed by atoms with Crippen molar-refractivity contribution in [1.82, 2.24) is 15.0 Å². The van der Waals surface area contributed by atoms with Crippen molar-refractivity contribution >= 4 is 37.2 Å². The second kappa shape index (κ2) is 14.0. The molecule has 2 heterocycles. The quantitative estimate of drug-likeness (QED) is 0.0951. The molecule has 7 rings (SSSR count). The van der Waals surface area contributed by atoms with Crippen molar-refractivity contribution in [3.63, 3.8) is 0 Å². The molecule has 4 atom stereocenters. The van der Waals surface area contributed by atoms with Gasteiger partial charge >= 0.3 is 0 Å². The maximum absolute atomic E-state index is 15.7. The number of hydrogen-bond acceptors (Lipinski definition) is 11. The standard InChI is InChI=1S/C41H46ClN3O8Si/c1-40(2,3)54(7,8)53-41-27(31(45(4)5)33-30(36(41)48)38(44-52-33)51-22-24-17-13-10-14-18-24)20-25-19-26-29(32(46)28(25)35(41)47)34(39(49-6)43-37(26)42)50-21-23-15-11-9-12-16-23/h9-18,25,27,31,46H,19-22H2,1-8H3/t25-,27-,31-,41-/m0/s1. The van der Waals surface area contributed by atoms with E-state index in [0.29, 0.717) is 11.3 Å². The van der Waals surface area contributed by atoms with Crippen LogP contribution in [0.25, 0.3) is 5.76 Å². The topological polar surface area (TPSA) is 133 Å². The largest absolute Gasteiger partial charge is 0.507 e. The summed E-state index contributed by atoms with van der Waals surface area (Å²) in [4.78, 5) is 37.6. The van der Waals surface area contributed by atoms with E-state index in [1.54, 1.807) is 0 Å². The number of Topliss-reactive ketones (excluding diaryl/α,β-unsaturated/α-hetero) is 2. The Morgan fingerprint density at radius 1 is 0.944 bits per heavy atom. The fourth-order valence-electron chi connectivity index (χ4n) is 7.84. The summed E-state index contributed by atoms with van der Waals surface area (Å²) in [5.41, 5.74) is 0.608. The lowest BCUT2D eigenvalue weighted by atomic mass is 9.57. The predicted molar refractivity (Wildman–Crippen MR) is 205 cm³/mol. The van der Waals surface area contributed by atoms with Gasteiger partial charge in [-0.1, -0.05) is 93.0 Å². The van der Waals surface area contributed by atoms with Crippen LogP contribution in [0.1, 0.15) is 71.6 Å². The van der Waals surface area contributed by atoms with E-state index in [1.807, 2.05) is 92.8 Å². The van der Waals surface area contributed by atoms with E-state index in [-0.39, 0.29) is 76.2 Å². The van der Waals surface area contributed by atoms with E-state index >= 15 is 9.59 Å². The number of aliphatic hydroxyl groups excluding tert-OH is 1. The first-order chi connectivity index (χ1) is 25.6. The predicted octanol–water partition coefficient (Wildman–Crippen LogP) is 8.18. The molecule has 0 radical (unpaired) electrons. The van der Waals surface area contributed by atoms with Gasteiger partial charge in [-0.3, -0.25) is 14.5 Å². The molecule has 0 aliphatic heterocycles. The summed E-state index contributed by atoms with van der Waals surface area (Å²) < 4.78 is 31.3. The number of fused-ring (bicyclic) bond motifs is 4. The molecular formula is C41H46ClN3O8Si. The number of hydrogen-bond donors (Lipinski definition) is 1. The number of ether oxygens (including phenoxy) is 3. The zero-order chi connectivity index (χ0) is 38.7. The molecule has 0 amide bonds. The Morgan fingerprint density at radius 2 is 1.56 bits per heavy atom. The van der Waals surface area contributed by atoms with E-state index < -0.39 is 43.4 Å². The molecule has 0 bridgehead atoms. The van der Waals surface area contributed by atoms with E-state index in [0.717, 1.165) is 11.1 Å². The number of carbonyl (C=O) groups is 2. The van der Waals surface area contributed by atoms with Crippen molar-refractivity contribution in [2.45, 2.75) is 76.6 Å². The maximum atomic E-state index is 15.7.